The molecule has 2 aromatic rings. The minimum absolute atomic E-state index is 0.00733. The van der Waals surface area contributed by atoms with E-state index < -0.39 is 22.0 Å². The summed E-state index contributed by atoms with van der Waals surface area (Å²) < 4.78 is 28.8. The molecule has 3 heterocycles. The highest BCUT2D eigenvalue weighted by Crippen LogP contribution is 2.33. The van der Waals surface area contributed by atoms with Gasteiger partial charge >= 0.3 is 11.9 Å². The molecule has 1 saturated heterocycles. The van der Waals surface area contributed by atoms with E-state index in [9.17, 15) is 18.0 Å². The molecule has 0 saturated carbocycles. The molecule has 0 spiro atoms. The number of likely N-dealkylation sites (tertiary alicyclic amines) is 1. The van der Waals surface area contributed by atoms with Crippen molar-refractivity contribution in [2.45, 2.75) is 24.3 Å². The molecule has 2 aliphatic heterocycles. The van der Waals surface area contributed by atoms with E-state index in [1.807, 2.05) is 18.2 Å². The second-order valence-electron chi connectivity index (χ2n) is 8.20. The number of hydrogen-bond acceptors (Lipinski definition) is 8. The van der Waals surface area contributed by atoms with E-state index in [0.717, 1.165) is 19.6 Å². The lowest BCUT2D eigenvalue weighted by Gasteiger charge is -2.25. The Morgan fingerprint density at radius 3 is 2.33 bits per heavy atom. The topological polar surface area (TPSA) is 155 Å². The van der Waals surface area contributed by atoms with Crippen molar-refractivity contribution in [1.29, 1.82) is 0 Å². The van der Waals surface area contributed by atoms with E-state index in [0.29, 0.717) is 41.3 Å². The number of carbonyl (C=O) groups is 2. The molecule has 2 N–H and O–H groups in total. The number of carboxylic acid groups (broad SMARTS) is 2. The summed E-state index contributed by atoms with van der Waals surface area (Å²) in [5.74, 6) is -2.51. The monoisotopic (exact) mass is 519 g/mol. The first kappa shape index (κ1) is 26.9. The largest absolute Gasteiger partial charge is 0.478 e. The third kappa shape index (κ3) is 6.49. The summed E-state index contributed by atoms with van der Waals surface area (Å²) in [5, 5.41) is 24.2. The summed E-state index contributed by atoms with van der Waals surface area (Å²) in [6.07, 6.45) is 6.54. The maximum absolute atomic E-state index is 13.0. The predicted octanol–water partition coefficient (Wildman–Crippen LogP) is 1.53. The molecule has 36 heavy (non-hydrogen) atoms. The van der Waals surface area contributed by atoms with Gasteiger partial charge in [0, 0.05) is 44.6 Å². The first-order chi connectivity index (χ1) is 17.1. The maximum Gasteiger partial charge on any atom is 0.328 e. The first-order valence-electron chi connectivity index (χ1n) is 11.3. The average molecular weight is 520 g/mol. The Bertz CT molecular complexity index is 1250. The third-order valence-corrected chi connectivity index (χ3v) is 7.33. The molecule has 0 radical (unpaired) electrons. The number of para-hydroxylation sites is 1. The Labute approximate surface area is 209 Å². The minimum Gasteiger partial charge on any atom is -0.478 e. The molecule has 194 valence electrons. The normalized spacial score (nSPS) is 18.1. The molecule has 0 amide bonds. The van der Waals surface area contributed by atoms with E-state index in [-0.39, 0.29) is 5.03 Å². The van der Waals surface area contributed by atoms with Crippen LogP contribution in [0.3, 0.4) is 0 Å². The molecule has 0 unspecified atom stereocenters. The van der Waals surface area contributed by atoms with E-state index in [1.54, 1.807) is 19.3 Å². The Hall–Kier alpha value is -3.71. The summed E-state index contributed by atoms with van der Waals surface area (Å²) in [6.45, 7) is 3.47. The van der Waals surface area contributed by atoms with Gasteiger partial charge in [0.05, 0.1) is 11.3 Å². The number of oxime groups is 1. The number of aryl methyl sites for hydroxylation is 1. The lowest BCUT2D eigenvalue weighted by atomic mass is 10.0. The van der Waals surface area contributed by atoms with Crippen LogP contribution in [0.5, 0.6) is 0 Å². The van der Waals surface area contributed by atoms with Crippen molar-refractivity contribution < 1.29 is 33.1 Å². The number of aliphatic carboxylic acids is 2. The van der Waals surface area contributed by atoms with Crippen LogP contribution in [0.4, 0.5) is 5.69 Å². The highest BCUT2D eigenvalue weighted by molar-refractivity contribution is 7.92. The SMILES string of the molecule is CN1c2ccccc2/C(=N\OCCN2CCCCC2)c2cn(C)nc2S1(=O)=O.O=C(O)/C=C\C(=O)O. The Kier molecular flexibility index (Phi) is 8.83. The van der Waals surface area contributed by atoms with E-state index in [2.05, 4.69) is 15.2 Å². The van der Waals surface area contributed by atoms with E-state index >= 15 is 0 Å². The fraction of sp³-hybridized carbons (Fsp3) is 0.391. The van der Waals surface area contributed by atoms with Crippen LogP contribution in [-0.2, 0) is 31.5 Å². The second-order valence-corrected chi connectivity index (χ2v) is 10.1. The van der Waals surface area contributed by atoms with Gasteiger partial charge in [0.2, 0.25) is 5.03 Å². The number of benzene rings is 1. The van der Waals surface area contributed by atoms with Crippen molar-refractivity contribution in [3.8, 4) is 0 Å². The number of rotatable bonds is 6. The van der Waals surface area contributed by atoms with Crippen molar-refractivity contribution >= 4 is 33.4 Å². The highest BCUT2D eigenvalue weighted by atomic mass is 32.2. The van der Waals surface area contributed by atoms with Crippen LogP contribution in [0, 0.1) is 0 Å². The molecule has 1 aromatic heterocycles. The van der Waals surface area contributed by atoms with Gasteiger partial charge in [0.1, 0.15) is 12.3 Å². The number of anilines is 1. The molecular formula is C23H29N5O7S. The number of sulfonamides is 1. The molecule has 4 rings (SSSR count). The Morgan fingerprint density at radius 2 is 1.69 bits per heavy atom. The minimum atomic E-state index is -3.77. The molecule has 13 heteroatoms. The van der Waals surface area contributed by atoms with E-state index in [1.165, 1.54) is 35.3 Å². The van der Waals surface area contributed by atoms with Crippen molar-refractivity contribution in [2.75, 3.05) is 37.6 Å². The summed E-state index contributed by atoms with van der Waals surface area (Å²) >= 11 is 0. The summed E-state index contributed by atoms with van der Waals surface area (Å²) in [7, 11) is -0.540. The molecule has 1 fully saturated rings. The van der Waals surface area contributed by atoms with Gasteiger partial charge in [-0.15, -0.1) is 0 Å². The maximum atomic E-state index is 13.0. The number of carboxylic acids is 2. The van der Waals surface area contributed by atoms with Crippen LogP contribution in [0.2, 0.25) is 0 Å². The number of fused-ring (bicyclic) bond motifs is 2. The second kappa shape index (κ2) is 11.8. The summed E-state index contributed by atoms with van der Waals surface area (Å²) in [4.78, 5) is 27.1. The van der Waals surface area contributed by atoms with Gasteiger partial charge in [-0.05, 0) is 32.0 Å². The molecule has 0 atom stereocenters. The number of aromatic nitrogens is 2. The number of nitrogens with zero attached hydrogens (tertiary/aromatic N) is 5. The number of hydrogen-bond donors (Lipinski definition) is 2. The number of piperidine rings is 1. The molecule has 0 aliphatic carbocycles. The lowest BCUT2D eigenvalue weighted by Crippen LogP contribution is -2.32. The molecule has 0 bridgehead atoms. The van der Waals surface area contributed by atoms with Crippen LogP contribution in [0.25, 0.3) is 0 Å². The molecule has 12 nitrogen and oxygen atoms in total. The van der Waals surface area contributed by atoms with Crippen LogP contribution < -0.4 is 4.31 Å². The smallest absolute Gasteiger partial charge is 0.328 e. The first-order valence-corrected chi connectivity index (χ1v) is 12.7. The zero-order valence-electron chi connectivity index (χ0n) is 20.1. The molecular weight excluding hydrogens is 490 g/mol. The average Bonchev–Trinajstić information content (AvgIpc) is 3.23. The zero-order valence-corrected chi connectivity index (χ0v) is 20.9. The summed E-state index contributed by atoms with van der Waals surface area (Å²) in [5.41, 5.74) is 2.21. The lowest BCUT2D eigenvalue weighted by molar-refractivity contribution is -0.134. The fourth-order valence-corrected chi connectivity index (χ4v) is 5.21. The Balaban J connectivity index is 0.000000392. The van der Waals surface area contributed by atoms with Gasteiger partial charge in [0.25, 0.3) is 10.0 Å². The summed E-state index contributed by atoms with van der Waals surface area (Å²) in [6, 6.07) is 7.30. The van der Waals surface area contributed by atoms with E-state index in [4.69, 9.17) is 15.1 Å². The molecule has 2 aliphatic rings. The van der Waals surface area contributed by atoms with Crippen LogP contribution >= 0.6 is 0 Å². The van der Waals surface area contributed by atoms with Crippen molar-refractivity contribution in [1.82, 2.24) is 14.7 Å². The zero-order chi connectivity index (χ0) is 26.3. The van der Waals surface area contributed by atoms with Gasteiger partial charge in [-0.3, -0.25) is 13.9 Å². The van der Waals surface area contributed by atoms with Gasteiger partial charge in [0.15, 0.2) is 0 Å². The van der Waals surface area contributed by atoms with Gasteiger partial charge in [-0.2, -0.15) is 13.5 Å². The highest BCUT2D eigenvalue weighted by Gasteiger charge is 2.36. The van der Waals surface area contributed by atoms with Crippen molar-refractivity contribution in [3.63, 3.8) is 0 Å². The fourth-order valence-electron chi connectivity index (χ4n) is 3.88. The Morgan fingerprint density at radius 1 is 1.06 bits per heavy atom. The van der Waals surface area contributed by atoms with Crippen LogP contribution in [0.15, 0.2) is 52.8 Å². The standard InChI is InChI=1S/C19H25N5O3S.C4H4O4/c1-22-14-16-18(21-27-13-12-24-10-6-3-7-11-24)15-8-4-5-9-17(15)23(2)28(25,26)19(16)20-22;5-3(6)1-2-4(7)8/h4-5,8-9,14H,3,6-7,10-13H2,1-2H3;1-2H,(H,5,6)(H,7,8)/b21-18+;2-1-. The van der Waals surface area contributed by atoms with Crippen LogP contribution in [0.1, 0.15) is 30.4 Å². The molecule has 1 aromatic carbocycles. The quantitative estimate of drug-likeness (QED) is 0.328. The van der Waals surface area contributed by atoms with Gasteiger partial charge in [-0.1, -0.05) is 29.8 Å². The van der Waals surface area contributed by atoms with Crippen molar-refractivity contribution in [3.05, 3.63) is 53.7 Å². The van der Waals surface area contributed by atoms with Crippen LogP contribution in [-0.4, -0.2) is 84.3 Å². The van der Waals surface area contributed by atoms with Crippen molar-refractivity contribution in [2.24, 2.45) is 12.2 Å². The van der Waals surface area contributed by atoms with Gasteiger partial charge < -0.3 is 15.1 Å². The predicted molar refractivity (Wildman–Crippen MR) is 132 cm³/mol. The van der Waals surface area contributed by atoms with Gasteiger partial charge in [-0.25, -0.2) is 9.59 Å². The third-order valence-electron chi connectivity index (χ3n) is 5.63.